The quantitative estimate of drug-likeness (QED) is 0.525. The predicted octanol–water partition coefficient (Wildman–Crippen LogP) is 2.12. The van der Waals surface area contributed by atoms with Crippen LogP contribution in [0.25, 0.3) is 0 Å². The molecule has 3 heterocycles. The SMILES string of the molecule is O=C(Nc1ccc(S(=O)(=O)N2CCN(c3cnccn3)CC2)cc1)C1CC(=O)N(c2cccc(F)c2)C1. The fraction of sp³-hybridized carbons (Fsp3) is 0.280. The topological polar surface area (TPSA) is 116 Å². The van der Waals surface area contributed by atoms with Gasteiger partial charge >= 0.3 is 0 Å². The van der Waals surface area contributed by atoms with Crippen LogP contribution in [0.4, 0.5) is 21.6 Å². The number of amides is 2. The van der Waals surface area contributed by atoms with Crippen molar-refractivity contribution in [1.29, 1.82) is 0 Å². The molecule has 10 nitrogen and oxygen atoms in total. The number of sulfonamides is 1. The summed E-state index contributed by atoms with van der Waals surface area (Å²) in [4.78, 5) is 37.0. The van der Waals surface area contributed by atoms with Crippen molar-refractivity contribution in [1.82, 2.24) is 14.3 Å². The zero-order valence-electron chi connectivity index (χ0n) is 19.8. The van der Waals surface area contributed by atoms with Crippen molar-refractivity contribution >= 4 is 39.0 Å². The van der Waals surface area contributed by atoms with Crippen molar-refractivity contribution in [3.8, 4) is 0 Å². The van der Waals surface area contributed by atoms with Crippen LogP contribution in [-0.4, -0.2) is 67.2 Å². The smallest absolute Gasteiger partial charge is 0.243 e. The molecule has 2 aromatic carbocycles. The molecule has 1 atom stereocenters. The Balaban J connectivity index is 1.19. The Hall–Kier alpha value is -3.90. The molecule has 2 saturated heterocycles. The van der Waals surface area contributed by atoms with E-state index in [-0.39, 0.29) is 29.7 Å². The van der Waals surface area contributed by atoms with E-state index in [1.807, 2.05) is 4.90 Å². The van der Waals surface area contributed by atoms with Crippen molar-refractivity contribution < 1.29 is 22.4 Å². The summed E-state index contributed by atoms with van der Waals surface area (Å²) in [6, 6.07) is 11.7. The number of halogens is 1. The number of piperazine rings is 1. The minimum atomic E-state index is -3.70. The average Bonchev–Trinajstić information content (AvgIpc) is 3.31. The maximum Gasteiger partial charge on any atom is 0.243 e. The molecule has 0 spiro atoms. The lowest BCUT2D eigenvalue weighted by molar-refractivity contribution is -0.122. The Kier molecular flexibility index (Phi) is 6.85. The highest BCUT2D eigenvalue weighted by molar-refractivity contribution is 7.89. The summed E-state index contributed by atoms with van der Waals surface area (Å²) in [5.74, 6) is -0.970. The van der Waals surface area contributed by atoms with Crippen molar-refractivity contribution in [2.75, 3.05) is 47.8 Å². The van der Waals surface area contributed by atoms with Crippen LogP contribution in [0.3, 0.4) is 0 Å². The fourth-order valence-corrected chi connectivity index (χ4v) is 5.91. The summed E-state index contributed by atoms with van der Waals surface area (Å²) in [7, 11) is -3.70. The van der Waals surface area contributed by atoms with Crippen molar-refractivity contribution in [3.05, 3.63) is 72.9 Å². The van der Waals surface area contributed by atoms with E-state index >= 15 is 0 Å². The highest BCUT2D eigenvalue weighted by Gasteiger charge is 2.35. The van der Waals surface area contributed by atoms with E-state index in [2.05, 4.69) is 15.3 Å². The molecule has 192 valence electrons. The fourth-order valence-electron chi connectivity index (χ4n) is 4.49. The largest absolute Gasteiger partial charge is 0.353 e. The summed E-state index contributed by atoms with van der Waals surface area (Å²) >= 11 is 0. The molecule has 2 amide bonds. The normalized spacial score (nSPS) is 18.7. The number of carbonyl (C=O) groups is 2. The van der Waals surface area contributed by atoms with Crippen LogP contribution >= 0.6 is 0 Å². The first-order chi connectivity index (χ1) is 17.8. The Morgan fingerprint density at radius 1 is 1.03 bits per heavy atom. The monoisotopic (exact) mass is 524 g/mol. The van der Waals surface area contributed by atoms with Crippen LogP contribution in [0.15, 0.2) is 72.0 Å². The van der Waals surface area contributed by atoms with E-state index < -0.39 is 21.8 Å². The van der Waals surface area contributed by atoms with Gasteiger partial charge in [0.05, 0.1) is 17.0 Å². The van der Waals surface area contributed by atoms with Gasteiger partial charge in [-0.1, -0.05) is 6.07 Å². The zero-order valence-corrected chi connectivity index (χ0v) is 20.6. The first-order valence-corrected chi connectivity index (χ1v) is 13.2. The van der Waals surface area contributed by atoms with E-state index in [1.165, 1.54) is 51.7 Å². The number of carbonyl (C=O) groups excluding carboxylic acids is 2. The molecular weight excluding hydrogens is 499 g/mol. The van der Waals surface area contributed by atoms with Crippen molar-refractivity contribution in [2.45, 2.75) is 11.3 Å². The molecule has 0 bridgehead atoms. The summed E-state index contributed by atoms with van der Waals surface area (Å²) in [6.45, 7) is 1.77. The Morgan fingerprint density at radius 3 is 2.46 bits per heavy atom. The molecule has 1 unspecified atom stereocenters. The van der Waals surface area contributed by atoms with E-state index in [1.54, 1.807) is 24.7 Å². The third kappa shape index (κ3) is 5.30. The van der Waals surface area contributed by atoms with Crippen LogP contribution in [0.2, 0.25) is 0 Å². The lowest BCUT2D eigenvalue weighted by atomic mass is 10.1. The molecule has 3 aromatic rings. The molecule has 37 heavy (non-hydrogen) atoms. The molecule has 12 heteroatoms. The second kappa shape index (κ2) is 10.2. The van der Waals surface area contributed by atoms with Gasteiger partial charge in [0.1, 0.15) is 11.6 Å². The molecule has 1 aromatic heterocycles. The van der Waals surface area contributed by atoms with Gasteiger partial charge in [0.15, 0.2) is 0 Å². The van der Waals surface area contributed by atoms with E-state index in [0.717, 1.165) is 0 Å². The van der Waals surface area contributed by atoms with E-state index in [0.29, 0.717) is 43.4 Å². The Bertz CT molecular complexity index is 1400. The number of aromatic nitrogens is 2. The highest BCUT2D eigenvalue weighted by Crippen LogP contribution is 2.27. The molecule has 2 aliphatic rings. The molecule has 0 radical (unpaired) electrons. The van der Waals surface area contributed by atoms with Crippen LogP contribution in [0.1, 0.15) is 6.42 Å². The summed E-state index contributed by atoms with van der Waals surface area (Å²) in [5, 5.41) is 2.75. The van der Waals surface area contributed by atoms with Crippen LogP contribution in [-0.2, 0) is 19.6 Å². The summed E-state index contributed by atoms with van der Waals surface area (Å²) in [6.07, 6.45) is 4.85. The number of hydrogen-bond acceptors (Lipinski definition) is 7. The molecule has 0 aliphatic carbocycles. The molecule has 2 fully saturated rings. The first-order valence-electron chi connectivity index (χ1n) is 11.8. The van der Waals surface area contributed by atoms with Crippen molar-refractivity contribution in [3.63, 3.8) is 0 Å². The van der Waals surface area contributed by atoms with Gasteiger partial charge in [-0.15, -0.1) is 0 Å². The lowest BCUT2D eigenvalue weighted by Gasteiger charge is -2.34. The van der Waals surface area contributed by atoms with Crippen molar-refractivity contribution in [2.24, 2.45) is 5.92 Å². The number of rotatable bonds is 6. The third-order valence-corrected chi connectivity index (χ3v) is 8.40. The van der Waals surface area contributed by atoms with Crippen LogP contribution < -0.4 is 15.1 Å². The van der Waals surface area contributed by atoms with Gasteiger partial charge in [-0.25, -0.2) is 17.8 Å². The van der Waals surface area contributed by atoms with Gasteiger partial charge in [-0.3, -0.25) is 14.6 Å². The number of nitrogens with one attached hydrogen (secondary N) is 1. The van der Waals surface area contributed by atoms with Crippen LogP contribution in [0.5, 0.6) is 0 Å². The van der Waals surface area contributed by atoms with Gasteiger partial charge in [0.2, 0.25) is 21.8 Å². The Labute approximate surface area is 213 Å². The van der Waals surface area contributed by atoms with Gasteiger partial charge in [-0.2, -0.15) is 4.31 Å². The maximum atomic E-state index is 13.5. The summed E-state index contributed by atoms with van der Waals surface area (Å²) < 4.78 is 41.2. The number of anilines is 3. The number of benzene rings is 2. The molecule has 1 N–H and O–H groups in total. The van der Waals surface area contributed by atoms with Gasteiger partial charge in [0.25, 0.3) is 0 Å². The zero-order chi connectivity index (χ0) is 26.0. The molecule has 2 aliphatic heterocycles. The molecule has 0 saturated carbocycles. The predicted molar refractivity (Wildman–Crippen MR) is 135 cm³/mol. The van der Waals surface area contributed by atoms with Crippen LogP contribution in [0, 0.1) is 11.7 Å². The highest BCUT2D eigenvalue weighted by atomic mass is 32.2. The second-order valence-electron chi connectivity index (χ2n) is 8.85. The van der Waals surface area contributed by atoms with E-state index in [4.69, 9.17) is 0 Å². The second-order valence-corrected chi connectivity index (χ2v) is 10.8. The third-order valence-electron chi connectivity index (χ3n) is 6.49. The number of hydrogen-bond donors (Lipinski definition) is 1. The average molecular weight is 525 g/mol. The lowest BCUT2D eigenvalue weighted by Crippen LogP contribution is -2.48. The minimum absolute atomic E-state index is 0.00928. The minimum Gasteiger partial charge on any atom is -0.353 e. The molecular formula is C25H25FN6O4S. The number of nitrogens with zero attached hydrogens (tertiary/aromatic N) is 5. The maximum absolute atomic E-state index is 13.5. The van der Waals surface area contributed by atoms with Gasteiger partial charge in [0, 0.05) is 62.9 Å². The summed E-state index contributed by atoms with van der Waals surface area (Å²) in [5.41, 5.74) is 0.834. The van der Waals surface area contributed by atoms with E-state index in [9.17, 15) is 22.4 Å². The van der Waals surface area contributed by atoms with Gasteiger partial charge in [-0.05, 0) is 42.5 Å². The first kappa shape index (κ1) is 24.8. The van der Waals surface area contributed by atoms with Gasteiger partial charge < -0.3 is 15.1 Å². The standard InChI is InChI=1S/C25H25FN6O4S/c26-19-2-1-3-21(15-19)32-17-18(14-24(32)33)25(34)29-20-4-6-22(7-5-20)37(35,36)31-12-10-30(11-13-31)23-16-27-8-9-28-23/h1-9,15-16,18H,10-14,17H2,(H,29,34). The molecule has 5 rings (SSSR count). The Morgan fingerprint density at radius 2 is 1.78 bits per heavy atom.